The number of amides is 2. The average molecular weight is 455 g/mol. The minimum absolute atomic E-state index is 0.0647. The van der Waals surface area contributed by atoms with Crippen LogP contribution in [-0.4, -0.2) is 68.9 Å². The quantitative estimate of drug-likeness (QED) is 0.163. The number of carbonyl (C=O) groups is 4. The molecule has 2 atom stereocenters. The van der Waals surface area contributed by atoms with E-state index in [4.69, 9.17) is 15.3 Å². The van der Waals surface area contributed by atoms with Crippen LogP contribution < -0.4 is 11.1 Å². The van der Waals surface area contributed by atoms with Crippen LogP contribution in [0.15, 0.2) is 21.8 Å². The number of carbonyl (C=O) groups excluding carboxylic acids is 3. The number of nitrogen functional groups attached to an aromatic ring is 1. The first-order valence-corrected chi connectivity index (χ1v) is 10.4. The monoisotopic (exact) mass is 455 g/mol. The number of oxime groups is 1. The second kappa shape index (κ2) is 8.71. The summed E-state index contributed by atoms with van der Waals surface area (Å²) in [5.74, 6) is -3.20. The van der Waals surface area contributed by atoms with E-state index in [0.29, 0.717) is 0 Å². The normalized spacial score (nSPS) is 19.5. The van der Waals surface area contributed by atoms with Crippen molar-refractivity contribution in [1.29, 1.82) is 0 Å². The Kier molecular flexibility index (Phi) is 6.26. The van der Waals surface area contributed by atoms with Crippen LogP contribution in [0.2, 0.25) is 0 Å². The third-order valence-electron chi connectivity index (χ3n) is 4.11. The lowest BCUT2D eigenvalue weighted by atomic mass is 10.1. The van der Waals surface area contributed by atoms with Gasteiger partial charge < -0.3 is 25.7 Å². The smallest absolute Gasteiger partial charge is 0.352 e. The third kappa shape index (κ3) is 4.23. The highest BCUT2D eigenvalue weighted by Crippen LogP contribution is 2.40. The van der Waals surface area contributed by atoms with Crippen LogP contribution in [0.5, 0.6) is 0 Å². The van der Waals surface area contributed by atoms with E-state index in [-0.39, 0.29) is 51.3 Å². The van der Waals surface area contributed by atoms with Crippen molar-refractivity contribution in [3.8, 4) is 0 Å². The number of fused-ring (bicyclic) bond motifs is 1. The van der Waals surface area contributed by atoms with Gasteiger partial charge in [0.1, 0.15) is 18.5 Å². The zero-order valence-corrected chi connectivity index (χ0v) is 17.4. The number of nitrogens with two attached hydrogens (primary N) is 1. The van der Waals surface area contributed by atoms with E-state index in [2.05, 4.69) is 15.5 Å². The highest BCUT2D eigenvalue weighted by atomic mass is 32.2. The summed E-state index contributed by atoms with van der Waals surface area (Å²) in [6, 6.07) is 0. The molecule has 2 aliphatic heterocycles. The van der Waals surface area contributed by atoms with Crippen molar-refractivity contribution in [3.63, 3.8) is 0 Å². The number of thioether (sulfide) groups is 1. The molecule has 12 nitrogen and oxygen atoms in total. The van der Waals surface area contributed by atoms with Crippen LogP contribution in [0.4, 0.5) is 5.13 Å². The molecule has 4 N–H and O–H groups in total. The molecule has 0 radical (unpaired) electrons. The zero-order chi connectivity index (χ0) is 22.0. The van der Waals surface area contributed by atoms with Gasteiger partial charge in [-0.15, -0.1) is 23.1 Å². The number of aliphatic carboxylic acids is 1. The van der Waals surface area contributed by atoms with Crippen molar-refractivity contribution in [2.75, 3.05) is 18.6 Å². The number of carboxylic acid groups (broad SMARTS) is 1. The van der Waals surface area contributed by atoms with E-state index < -0.39 is 24.1 Å². The second-order valence-corrected chi connectivity index (χ2v) is 8.12. The van der Waals surface area contributed by atoms with Crippen molar-refractivity contribution in [3.05, 3.63) is 22.3 Å². The number of carboxylic acids is 1. The van der Waals surface area contributed by atoms with Crippen LogP contribution in [0.3, 0.4) is 0 Å². The molecule has 1 saturated heterocycles. The maximum Gasteiger partial charge on any atom is 0.352 e. The Bertz CT molecular complexity index is 973. The van der Waals surface area contributed by atoms with Gasteiger partial charge in [0, 0.05) is 23.6 Å². The predicted molar refractivity (Wildman–Crippen MR) is 106 cm³/mol. The van der Waals surface area contributed by atoms with Gasteiger partial charge in [0.15, 0.2) is 10.8 Å². The van der Waals surface area contributed by atoms with Crippen LogP contribution in [0.1, 0.15) is 19.0 Å². The number of nitrogens with zero attached hydrogens (tertiary/aromatic N) is 3. The Balaban J connectivity index is 1.95. The van der Waals surface area contributed by atoms with Crippen molar-refractivity contribution in [2.24, 2.45) is 5.16 Å². The van der Waals surface area contributed by atoms with Crippen LogP contribution in [0, 0.1) is 0 Å². The van der Waals surface area contributed by atoms with Gasteiger partial charge in [0.2, 0.25) is 12.1 Å². The number of nitrogens with one attached hydrogen (secondary N) is 1. The highest BCUT2D eigenvalue weighted by Gasteiger charge is 2.47. The van der Waals surface area contributed by atoms with Crippen molar-refractivity contribution >= 4 is 57.7 Å². The molecule has 2 amide bonds. The van der Waals surface area contributed by atoms with Crippen molar-refractivity contribution in [1.82, 2.24) is 15.2 Å². The van der Waals surface area contributed by atoms with Gasteiger partial charge in [-0.3, -0.25) is 19.3 Å². The van der Waals surface area contributed by atoms with Crippen LogP contribution in [0.25, 0.3) is 0 Å². The molecule has 3 rings (SSSR count). The molecule has 1 aromatic rings. The van der Waals surface area contributed by atoms with Gasteiger partial charge in [0.25, 0.3) is 5.91 Å². The summed E-state index contributed by atoms with van der Waals surface area (Å²) in [5, 5.41) is 17.1. The average Bonchev–Trinajstić information content (AvgIpc) is 3.09. The highest BCUT2D eigenvalue weighted by molar-refractivity contribution is 8.00. The largest absolute Gasteiger partial charge is 0.477 e. The molecule has 160 valence electrons. The molecule has 1 fully saturated rings. The molecule has 3 heterocycles. The summed E-state index contributed by atoms with van der Waals surface area (Å²) < 4.78 is 5.17. The predicted octanol–water partition coefficient (Wildman–Crippen LogP) is -0.275. The standard InChI is InChI=1S/C16H17N5O7S2/c1-6(22)28-14(7-4-29-10-3-9(23)21(10)12(7)15(25)26)19-13(24)11(20-27-2)8-5-30-16(17)18-8/h5,10,14H,3-4H2,1-2H3,(H2,17,18)(H,19,24)(H,25,26)/t10-,14?/m1/s1. The zero-order valence-electron chi connectivity index (χ0n) is 15.8. The molecule has 0 aliphatic carbocycles. The summed E-state index contributed by atoms with van der Waals surface area (Å²) in [6.07, 6.45) is -1.23. The van der Waals surface area contributed by atoms with Crippen molar-refractivity contribution < 1.29 is 33.9 Å². The van der Waals surface area contributed by atoms with Crippen LogP contribution in [-0.2, 0) is 28.8 Å². The number of aromatic nitrogens is 1. The lowest BCUT2D eigenvalue weighted by Gasteiger charge is -2.44. The van der Waals surface area contributed by atoms with E-state index in [9.17, 15) is 24.3 Å². The number of hydrogen-bond donors (Lipinski definition) is 3. The summed E-state index contributed by atoms with van der Waals surface area (Å²) in [7, 11) is 1.23. The number of β-lactam (4-membered cyclic amide) rings is 1. The molecule has 0 spiro atoms. The first-order chi connectivity index (χ1) is 14.2. The number of esters is 1. The Morgan fingerprint density at radius 1 is 1.47 bits per heavy atom. The minimum Gasteiger partial charge on any atom is -0.477 e. The second-order valence-electron chi connectivity index (χ2n) is 6.07. The summed E-state index contributed by atoms with van der Waals surface area (Å²) in [5.41, 5.74) is 5.22. The van der Waals surface area contributed by atoms with Crippen molar-refractivity contribution in [2.45, 2.75) is 24.9 Å². The van der Waals surface area contributed by atoms with Gasteiger partial charge in [-0.1, -0.05) is 5.16 Å². The summed E-state index contributed by atoms with van der Waals surface area (Å²) >= 11 is 2.38. The number of ether oxygens (including phenoxy) is 1. The first kappa shape index (κ1) is 21.6. The van der Waals surface area contributed by atoms with Crippen LogP contribution >= 0.6 is 23.1 Å². The van der Waals surface area contributed by atoms with E-state index in [1.54, 1.807) is 0 Å². The minimum atomic E-state index is -1.44. The van der Waals surface area contributed by atoms with Gasteiger partial charge >= 0.3 is 11.9 Å². The maximum absolute atomic E-state index is 12.8. The molecule has 0 bridgehead atoms. The lowest BCUT2D eigenvalue weighted by Crippen LogP contribution is -2.56. The maximum atomic E-state index is 12.8. The molecule has 1 aromatic heterocycles. The Morgan fingerprint density at radius 3 is 2.73 bits per heavy atom. The molecular formula is C16H17N5O7S2. The fourth-order valence-corrected chi connectivity index (χ4v) is 4.71. The van der Waals surface area contributed by atoms with Gasteiger partial charge in [0.05, 0.1) is 11.8 Å². The van der Waals surface area contributed by atoms with E-state index in [1.807, 2.05) is 0 Å². The third-order valence-corrected chi connectivity index (χ3v) is 6.02. The molecule has 1 unspecified atom stereocenters. The fourth-order valence-electron chi connectivity index (χ4n) is 2.87. The number of anilines is 1. The summed E-state index contributed by atoms with van der Waals surface area (Å²) in [6.45, 7) is 1.11. The first-order valence-electron chi connectivity index (χ1n) is 8.43. The van der Waals surface area contributed by atoms with E-state index in [1.165, 1.54) is 24.3 Å². The van der Waals surface area contributed by atoms with Gasteiger partial charge in [-0.2, -0.15) is 0 Å². The fraction of sp³-hybridized carbons (Fsp3) is 0.375. The SMILES string of the molecule is CON=C(C(=O)NC(OC(C)=O)C1=C(C(=O)O)N2C(=O)C[C@H]2SC1)c1csc(N)n1. The topological polar surface area (TPSA) is 174 Å². The lowest BCUT2D eigenvalue weighted by molar-refractivity contribution is -0.149. The molecule has 2 aliphatic rings. The van der Waals surface area contributed by atoms with E-state index in [0.717, 1.165) is 23.2 Å². The number of thiazole rings is 1. The molecule has 30 heavy (non-hydrogen) atoms. The Morgan fingerprint density at radius 2 is 2.20 bits per heavy atom. The summed E-state index contributed by atoms with van der Waals surface area (Å²) in [4.78, 5) is 58.0. The number of hydrogen-bond acceptors (Lipinski definition) is 11. The number of rotatable bonds is 7. The molecule has 0 saturated carbocycles. The molecular weight excluding hydrogens is 438 g/mol. The molecule has 14 heteroatoms. The molecule has 0 aromatic carbocycles. The Labute approximate surface area is 178 Å². The van der Waals surface area contributed by atoms with Gasteiger partial charge in [-0.25, -0.2) is 9.78 Å². The Hall–Kier alpha value is -3.13. The van der Waals surface area contributed by atoms with E-state index >= 15 is 0 Å². The van der Waals surface area contributed by atoms with Gasteiger partial charge in [-0.05, 0) is 0 Å².